The second kappa shape index (κ2) is 10.1. The number of oxime groups is 1. The second-order valence-electron chi connectivity index (χ2n) is 9.43. The summed E-state index contributed by atoms with van der Waals surface area (Å²) in [4.78, 5) is 47.6. The normalized spacial score (nSPS) is 22.6. The Labute approximate surface area is 225 Å². The van der Waals surface area contributed by atoms with Crippen molar-refractivity contribution in [3.8, 4) is 0 Å². The van der Waals surface area contributed by atoms with Crippen LogP contribution in [0.15, 0.2) is 16.7 Å². The zero-order valence-corrected chi connectivity index (χ0v) is 21.9. The molecular weight excluding hydrogens is 558 g/mol. The van der Waals surface area contributed by atoms with Gasteiger partial charge in [0.25, 0.3) is 11.8 Å². The number of β-lactam (4-membered cyclic amide) rings is 1. The molecule has 2 aromatic heterocycles. The Hall–Kier alpha value is -3.68. The quantitative estimate of drug-likeness (QED) is 0.0827. The number of carbonyl (C=O) groups excluding carboxylic acids is 2. The maximum Gasteiger partial charge on any atom is 0.362 e. The summed E-state index contributed by atoms with van der Waals surface area (Å²) in [6.45, 7) is 0.180. The van der Waals surface area contributed by atoms with E-state index in [1.807, 2.05) is 0 Å². The monoisotopic (exact) mass is 583 g/mol. The first-order valence-corrected chi connectivity index (χ1v) is 14.2. The van der Waals surface area contributed by atoms with Gasteiger partial charge in [0.2, 0.25) is 5.60 Å². The van der Waals surface area contributed by atoms with Gasteiger partial charge in [-0.25, -0.2) is 14.1 Å². The van der Waals surface area contributed by atoms with Crippen LogP contribution in [0.5, 0.6) is 0 Å². The highest BCUT2D eigenvalue weighted by Crippen LogP contribution is 2.40. The fourth-order valence-electron chi connectivity index (χ4n) is 4.07. The molecule has 5 rings (SSSR count). The number of thiazole rings is 1. The number of amides is 2. The van der Waals surface area contributed by atoms with Crippen molar-refractivity contribution >= 4 is 50.3 Å². The summed E-state index contributed by atoms with van der Waals surface area (Å²) in [7, 11) is -4.96. The van der Waals surface area contributed by atoms with Gasteiger partial charge in [-0.05, 0) is 12.8 Å². The summed E-state index contributed by atoms with van der Waals surface area (Å²) >= 11 is 0.985. The highest BCUT2D eigenvalue weighted by atomic mass is 32.2. The number of hydrogen-bond acceptors (Lipinski definition) is 13. The third kappa shape index (κ3) is 5.56. The molecule has 210 valence electrons. The number of carboxylic acids is 1. The molecule has 2 aromatic rings. The number of aliphatic carboxylic acids is 1. The van der Waals surface area contributed by atoms with Crippen LogP contribution in [0.1, 0.15) is 43.5 Å². The molecule has 39 heavy (non-hydrogen) atoms. The number of aromatic nitrogens is 4. The average molecular weight is 584 g/mol. The van der Waals surface area contributed by atoms with Crippen molar-refractivity contribution in [1.29, 1.82) is 0 Å². The van der Waals surface area contributed by atoms with Crippen LogP contribution in [0.25, 0.3) is 0 Å². The van der Waals surface area contributed by atoms with E-state index in [4.69, 9.17) is 10.6 Å². The van der Waals surface area contributed by atoms with E-state index in [9.17, 15) is 32.5 Å². The van der Waals surface area contributed by atoms with E-state index >= 15 is 0 Å². The number of nitrogens with one attached hydrogen (secondary N) is 2. The summed E-state index contributed by atoms with van der Waals surface area (Å²) in [5.41, 5.74) is 4.17. The van der Waals surface area contributed by atoms with Crippen LogP contribution in [-0.2, 0) is 42.6 Å². The van der Waals surface area contributed by atoms with Gasteiger partial charge >= 0.3 is 16.3 Å². The number of carbonyl (C=O) groups is 3. The molecule has 2 amide bonds. The SMILES string of the molecule is Nc1nc(/C(=N/OC2(C(=O)O)CC2)C(=O)N[C@@H]2C(=O)N(S(=O)(=O)O)[C@@H]2Cn2ncc(CNC3CCC3)n2)cs1. The summed E-state index contributed by atoms with van der Waals surface area (Å²) in [6, 6.07) is -2.28. The molecule has 3 fully saturated rings. The summed E-state index contributed by atoms with van der Waals surface area (Å²) in [5.74, 6) is -3.36. The Balaban J connectivity index is 1.33. The van der Waals surface area contributed by atoms with Crippen molar-refractivity contribution < 1.29 is 37.3 Å². The predicted molar refractivity (Wildman–Crippen MR) is 132 cm³/mol. The van der Waals surface area contributed by atoms with E-state index in [0.29, 0.717) is 18.3 Å². The first kappa shape index (κ1) is 26.9. The molecule has 0 radical (unpaired) electrons. The van der Waals surface area contributed by atoms with Crippen molar-refractivity contribution in [3.05, 3.63) is 23.0 Å². The zero-order chi connectivity index (χ0) is 27.9. The van der Waals surface area contributed by atoms with Crippen molar-refractivity contribution in [2.75, 3.05) is 5.73 Å². The maximum atomic E-state index is 13.2. The number of nitrogens with two attached hydrogens (primary N) is 1. The minimum Gasteiger partial charge on any atom is -0.478 e. The van der Waals surface area contributed by atoms with Gasteiger partial charge in [-0.1, -0.05) is 11.6 Å². The molecule has 2 atom stereocenters. The number of carboxylic acid groups (broad SMARTS) is 1. The first-order valence-electron chi connectivity index (χ1n) is 11.9. The number of nitrogens with zero attached hydrogens (tertiary/aromatic N) is 6. The van der Waals surface area contributed by atoms with E-state index in [0.717, 1.165) is 35.4 Å². The lowest BCUT2D eigenvalue weighted by molar-refractivity contribution is -0.153. The minimum atomic E-state index is -4.96. The minimum absolute atomic E-state index is 0.0384. The summed E-state index contributed by atoms with van der Waals surface area (Å²) in [6.07, 6.45) is 5.16. The molecule has 1 aliphatic heterocycles. The number of anilines is 1. The van der Waals surface area contributed by atoms with E-state index < -0.39 is 51.5 Å². The fourth-order valence-corrected chi connectivity index (χ4v) is 5.49. The first-order chi connectivity index (χ1) is 18.5. The third-order valence-electron chi connectivity index (χ3n) is 6.70. The standard InChI is InChI=1S/C20H25N9O8S2/c21-19-24-12(9-38-19)14(27-37-20(4-5-20)18(32)33)16(30)25-15-13(29(17(15)31)39(34,35)36)8-28-23-7-11(26-28)6-22-10-2-1-3-10/h7,9-10,13,15,22H,1-6,8H2,(H2,21,24)(H,25,30)(H,32,33)(H,34,35,36)/b27-14-/t13-,15+/m1/s1. The van der Waals surface area contributed by atoms with E-state index in [-0.39, 0.29) is 34.5 Å². The van der Waals surface area contributed by atoms with E-state index in [2.05, 4.69) is 31.0 Å². The van der Waals surface area contributed by atoms with Crippen molar-refractivity contribution in [3.63, 3.8) is 0 Å². The zero-order valence-electron chi connectivity index (χ0n) is 20.3. The lowest BCUT2D eigenvalue weighted by Gasteiger charge is -2.43. The number of hydrogen-bond donors (Lipinski definition) is 5. The van der Waals surface area contributed by atoms with Crippen molar-refractivity contribution in [2.45, 2.75) is 68.9 Å². The molecule has 6 N–H and O–H groups in total. The van der Waals surface area contributed by atoms with Gasteiger partial charge in [0.05, 0.1) is 18.4 Å². The summed E-state index contributed by atoms with van der Waals surface area (Å²) < 4.78 is 33.6. The molecule has 0 bridgehead atoms. The molecule has 0 aromatic carbocycles. The Morgan fingerprint density at radius 2 is 2.08 bits per heavy atom. The molecule has 0 unspecified atom stereocenters. The van der Waals surface area contributed by atoms with Gasteiger partial charge in [0.1, 0.15) is 17.8 Å². The van der Waals surface area contributed by atoms with Gasteiger partial charge in [-0.15, -0.1) is 11.3 Å². The number of nitrogen functional groups attached to an aromatic ring is 1. The molecule has 2 saturated carbocycles. The number of rotatable bonds is 12. The van der Waals surface area contributed by atoms with Crippen LogP contribution in [0, 0.1) is 0 Å². The van der Waals surface area contributed by atoms with Gasteiger partial charge < -0.3 is 26.3 Å². The van der Waals surface area contributed by atoms with Gasteiger partial charge in [0, 0.05) is 30.8 Å². The summed E-state index contributed by atoms with van der Waals surface area (Å²) in [5, 5.41) is 28.6. The molecule has 0 spiro atoms. The van der Waals surface area contributed by atoms with Crippen molar-refractivity contribution in [2.24, 2.45) is 5.16 Å². The lowest BCUT2D eigenvalue weighted by Crippen LogP contribution is -2.73. The van der Waals surface area contributed by atoms with Crippen LogP contribution < -0.4 is 16.4 Å². The smallest absolute Gasteiger partial charge is 0.362 e. The second-order valence-corrected chi connectivity index (χ2v) is 11.6. The Bertz CT molecular complexity index is 1430. The van der Waals surface area contributed by atoms with Crippen molar-refractivity contribution in [1.82, 2.24) is 34.9 Å². The molecule has 3 aliphatic rings. The van der Waals surface area contributed by atoms with E-state index in [1.54, 1.807) is 0 Å². The molecule has 19 heteroatoms. The largest absolute Gasteiger partial charge is 0.478 e. The Kier molecular flexibility index (Phi) is 6.99. The van der Waals surface area contributed by atoms with Crippen LogP contribution in [0.2, 0.25) is 0 Å². The maximum absolute atomic E-state index is 13.2. The molecular formula is C20H25N9O8S2. The van der Waals surface area contributed by atoms with Crippen LogP contribution in [0.3, 0.4) is 0 Å². The molecule has 17 nitrogen and oxygen atoms in total. The highest BCUT2D eigenvalue weighted by Gasteiger charge is 2.56. The Morgan fingerprint density at radius 3 is 2.64 bits per heavy atom. The lowest BCUT2D eigenvalue weighted by atomic mass is 9.93. The average Bonchev–Trinajstić information content (AvgIpc) is 3.30. The van der Waals surface area contributed by atoms with Gasteiger partial charge in [0.15, 0.2) is 10.8 Å². The predicted octanol–water partition coefficient (Wildman–Crippen LogP) is -1.50. The topological polar surface area (TPSA) is 244 Å². The van der Waals surface area contributed by atoms with Gasteiger partial charge in [-0.3, -0.25) is 14.1 Å². The van der Waals surface area contributed by atoms with Gasteiger partial charge in [-0.2, -0.15) is 23.4 Å². The molecule has 3 heterocycles. The van der Waals surface area contributed by atoms with Crippen LogP contribution >= 0.6 is 11.3 Å². The highest BCUT2D eigenvalue weighted by molar-refractivity contribution is 7.84. The third-order valence-corrected chi connectivity index (χ3v) is 8.32. The van der Waals surface area contributed by atoms with Crippen LogP contribution in [-0.4, -0.2) is 89.6 Å². The molecule has 2 aliphatic carbocycles. The van der Waals surface area contributed by atoms with E-state index in [1.165, 1.54) is 11.6 Å². The Morgan fingerprint density at radius 1 is 1.33 bits per heavy atom. The molecule has 1 saturated heterocycles. The van der Waals surface area contributed by atoms with Crippen LogP contribution in [0.4, 0.5) is 5.13 Å². The fraction of sp³-hybridized carbons (Fsp3) is 0.550.